The average Bonchev–Trinajstić information content (AvgIpc) is 2.29. The van der Waals surface area contributed by atoms with Crippen molar-refractivity contribution in [3.05, 3.63) is 29.3 Å². The van der Waals surface area contributed by atoms with Crippen molar-refractivity contribution < 1.29 is 9.59 Å². The van der Waals surface area contributed by atoms with Gasteiger partial charge in [0.15, 0.2) is 0 Å². The molecule has 0 heterocycles. The monoisotopic (exact) mass is 297 g/mol. The van der Waals surface area contributed by atoms with Gasteiger partial charge < -0.3 is 15.5 Å². The predicted octanol–water partition coefficient (Wildman–Crippen LogP) is 2.72. The highest BCUT2D eigenvalue weighted by atomic mass is 35.5. The van der Waals surface area contributed by atoms with Crippen LogP contribution in [-0.2, 0) is 4.79 Å². The standard InChI is InChI=1S/C14H20ClN3O2/c1-14(2,3)17-12(19)9-18(4)13(20)16-11-7-5-10(15)6-8-11/h5-8H,9H2,1-4H3,(H,16,20)(H,17,19). The Labute approximate surface area is 124 Å². The molecule has 0 saturated heterocycles. The van der Waals surface area contributed by atoms with Gasteiger partial charge in [-0.2, -0.15) is 0 Å². The number of carbonyl (C=O) groups is 2. The van der Waals surface area contributed by atoms with E-state index in [2.05, 4.69) is 10.6 Å². The molecule has 0 aliphatic rings. The number of hydrogen-bond acceptors (Lipinski definition) is 2. The van der Waals surface area contributed by atoms with Crippen LogP contribution in [0.15, 0.2) is 24.3 Å². The van der Waals surface area contributed by atoms with Crippen molar-refractivity contribution in [1.29, 1.82) is 0 Å². The van der Waals surface area contributed by atoms with Gasteiger partial charge in [0.2, 0.25) is 5.91 Å². The molecule has 0 aromatic heterocycles. The molecule has 5 nitrogen and oxygen atoms in total. The Morgan fingerprint density at radius 3 is 2.25 bits per heavy atom. The van der Waals surface area contributed by atoms with E-state index in [9.17, 15) is 9.59 Å². The van der Waals surface area contributed by atoms with Crippen LogP contribution in [0.4, 0.5) is 10.5 Å². The van der Waals surface area contributed by atoms with Gasteiger partial charge in [0.05, 0.1) is 0 Å². The number of likely N-dealkylation sites (N-methyl/N-ethyl adjacent to an activating group) is 1. The van der Waals surface area contributed by atoms with Crippen molar-refractivity contribution in [1.82, 2.24) is 10.2 Å². The Balaban J connectivity index is 2.51. The van der Waals surface area contributed by atoms with E-state index in [4.69, 9.17) is 11.6 Å². The van der Waals surface area contributed by atoms with Crippen molar-refractivity contribution in [3.8, 4) is 0 Å². The maximum atomic E-state index is 11.9. The Morgan fingerprint density at radius 2 is 1.75 bits per heavy atom. The number of nitrogens with one attached hydrogen (secondary N) is 2. The van der Waals surface area contributed by atoms with Gasteiger partial charge >= 0.3 is 6.03 Å². The number of amides is 3. The third kappa shape index (κ3) is 5.93. The smallest absolute Gasteiger partial charge is 0.322 e. The zero-order valence-electron chi connectivity index (χ0n) is 12.2. The lowest BCUT2D eigenvalue weighted by Gasteiger charge is -2.23. The minimum atomic E-state index is -0.351. The molecule has 0 fully saturated rings. The molecule has 0 bridgehead atoms. The first-order valence-corrected chi connectivity index (χ1v) is 6.64. The molecule has 3 amide bonds. The maximum absolute atomic E-state index is 11.9. The van der Waals surface area contributed by atoms with E-state index in [1.54, 1.807) is 31.3 Å². The lowest BCUT2D eigenvalue weighted by molar-refractivity contribution is -0.122. The van der Waals surface area contributed by atoms with Gasteiger partial charge in [-0.05, 0) is 45.0 Å². The highest BCUT2D eigenvalue weighted by Crippen LogP contribution is 2.13. The Morgan fingerprint density at radius 1 is 1.20 bits per heavy atom. The first-order chi connectivity index (χ1) is 9.17. The van der Waals surface area contributed by atoms with Gasteiger partial charge in [0, 0.05) is 23.3 Å². The highest BCUT2D eigenvalue weighted by Gasteiger charge is 2.17. The normalized spacial score (nSPS) is 10.8. The molecule has 0 saturated carbocycles. The summed E-state index contributed by atoms with van der Waals surface area (Å²) >= 11 is 5.77. The SMILES string of the molecule is CN(CC(=O)NC(C)(C)C)C(=O)Nc1ccc(Cl)cc1. The third-order valence-corrected chi connectivity index (χ3v) is 2.59. The van der Waals surface area contributed by atoms with Crippen molar-refractivity contribution >= 4 is 29.2 Å². The summed E-state index contributed by atoms with van der Waals surface area (Å²) in [4.78, 5) is 24.9. The Kier molecular flexibility index (Phi) is 5.39. The van der Waals surface area contributed by atoms with Gasteiger partial charge in [0.25, 0.3) is 0 Å². The second-order valence-electron chi connectivity index (χ2n) is 5.59. The van der Waals surface area contributed by atoms with E-state index in [0.717, 1.165) is 0 Å². The Hall–Kier alpha value is -1.75. The summed E-state index contributed by atoms with van der Waals surface area (Å²) in [6.07, 6.45) is 0. The average molecular weight is 298 g/mol. The Bertz CT molecular complexity index is 480. The van der Waals surface area contributed by atoms with Crippen molar-refractivity contribution in [2.24, 2.45) is 0 Å². The summed E-state index contributed by atoms with van der Waals surface area (Å²) < 4.78 is 0. The summed E-state index contributed by atoms with van der Waals surface area (Å²) in [5.41, 5.74) is 0.312. The van der Waals surface area contributed by atoms with Gasteiger partial charge in [-0.15, -0.1) is 0 Å². The summed E-state index contributed by atoms with van der Waals surface area (Å²) in [5, 5.41) is 6.08. The molecule has 110 valence electrons. The molecule has 0 unspecified atom stereocenters. The van der Waals surface area contributed by atoms with Crippen LogP contribution in [0.5, 0.6) is 0 Å². The van der Waals surface area contributed by atoms with Crippen LogP contribution in [0.2, 0.25) is 5.02 Å². The summed E-state index contributed by atoms with van der Waals surface area (Å²) in [6.45, 7) is 5.66. The second-order valence-corrected chi connectivity index (χ2v) is 6.03. The van der Waals surface area contributed by atoms with Crippen LogP contribution < -0.4 is 10.6 Å². The van der Waals surface area contributed by atoms with Gasteiger partial charge in [-0.3, -0.25) is 4.79 Å². The molecule has 0 atom stereocenters. The number of nitrogens with zero attached hydrogens (tertiary/aromatic N) is 1. The predicted molar refractivity (Wildman–Crippen MR) is 81.0 cm³/mol. The molecule has 6 heteroatoms. The lowest BCUT2D eigenvalue weighted by Crippen LogP contribution is -2.47. The number of rotatable bonds is 3. The van der Waals surface area contributed by atoms with Crippen LogP contribution in [-0.4, -0.2) is 36.0 Å². The molecule has 0 spiro atoms. The zero-order valence-corrected chi connectivity index (χ0v) is 12.9. The van der Waals surface area contributed by atoms with E-state index < -0.39 is 0 Å². The molecule has 1 aromatic rings. The largest absolute Gasteiger partial charge is 0.350 e. The fourth-order valence-corrected chi connectivity index (χ4v) is 1.62. The van der Waals surface area contributed by atoms with E-state index >= 15 is 0 Å². The maximum Gasteiger partial charge on any atom is 0.322 e. The van der Waals surface area contributed by atoms with Crippen LogP contribution in [0, 0.1) is 0 Å². The quantitative estimate of drug-likeness (QED) is 0.901. The molecular weight excluding hydrogens is 278 g/mol. The van der Waals surface area contributed by atoms with Crippen LogP contribution in [0.25, 0.3) is 0 Å². The van der Waals surface area contributed by atoms with Gasteiger partial charge in [-0.25, -0.2) is 4.79 Å². The number of hydrogen-bond donors (Lipinski definition) is 2. The van der Waals surface area contributed by atoms with Crippen LogP contribution in [0.1, 0.15) is 20.8 Å². The minimum Gasteiger partial charge on any atom is -0.350 e. The fourth-order valence-electron chi connectivity index (χ4n) is 1.50. The van der Waals surface area contributed by atoms with E-state index in [1.807, 2.05) is 20.8 Å². The van der Waals surface area contributed by atoms with Crippen molar-refractivity contribution in [3.63, 3.8) is 0 Å². The third-order valence-electron chi connectivity index (χ3n) is 2.34. The van der Waals surface area contributed by atoms with E-state index in [-0.39, 0.29) is 24.0 Å². The minimum absolute atomic E-state index is 0.00328. The number of urea groups is 1. The number of benzene rings is 1. The number of carbonyl (C=O) groups excluding carboxylic acids is 2. The van der Waals surface area contributed by atoms with E-state index in [1.165, 1.54) is 4.90 Å². The van der Waals surface area contributed by atoms with Crippen molar-refractivity contribution in [2.75, 3.05) is 18.9 Å². The summed E-state index contributed by atoms with van der Waals surface area (Å²) in [5.74, 6) is -0.203. The van der Waals surface area contributed by atoms with Gasteiger partial charge in [0.1, 0.15) is 6.54 Å². The first kappa shape index (κ1) is 16.3. The van der Waals surface area contributed by atoms with E-state index in [0.29, 0.717) is 10.7 Å². The topological polar surface area (TPSA) is 61.4 Å². The second kappa shape index (κ2) is 6.61. The first-order valence-electron chi connectivity index (χ1n) is 6.26. The van der Waals surface area contributed by atoms with Crippen LogP contribution >= 0.6 is 11.6 Å². The molecule has 1 rings (SSSR count). The lowest BCUT2D eigenvalue weighted by atomic mass is 10.1. The molecule has 1 aromatic carbocycles. The summed E-state index contributed by atoms with van der Waals surface area (Å²) in [6, 6.07) is 6.41. The number of halogens is 1. The molecule has 0 aliphatic carbocycles. The summed E-state index contributed by atoms with van der Waals surface area (Å²) in [7, 11) is 1.56. The molecule has 2 N–H and O–H groups in total. The molecular formula is C14H20ClN3O2. The zero-order chi connectivity index (χ0) is 15.3. The van der Waals surface area contributed by atoms with Crippen molar-refractivity contribution in [2.45, 2.75) is 26.3 Å². The fraction of sp³-hybridized carbons (Fsp3) is 0.429. The molecule has 0 aliphatic heterocycles. The number of anilines is 1. The molecule has 20 heavy (non-hydrogen) atoms. The molecule has 0 radical (unpaired) electrons. The highest BCUT2D eigenvalue weighted by molar-refractivity contribution is 6.30. The van der Waals surface area contributed by atoms with Gasteiger partial charge in [-0.1, -0.05) is 11.6 Å². The van der Waals surface area contributed by atoms with Crippen LogP contribution in [0.3, 0.4) is 0 Å².